The molecular weight excluding hydrogens is 325 g/mol. The standard InChI is InChI=1S/C11H10BrCl2N3/c1-2-17-9(6-12)15-16-11(17)7-4-3-5-8(13)10(7)14/h3-5H,2,6H2,1H3. The summed E-state index contributed by atoms with van der Waals surface area (Å²) in [5, 5.41) is 9.98. The molecule has 0 amide bonds. The third kappa shape index (κ3) is 2.34. The topological polar surface area (TPSA) is 30.7 Å². The van der Waals surface area contributed by atoms with Crippen LogP contribution in [0.2, 0.25) is 10.0 Å². The van der Waals surface area contributed by atoms with Crippen molar-refractivity contribution in [3.8, 4) is 11.4 Å². The number of nitrogens with zero attached hydrogens (tertiary/aromatic N) is 3. The van der Waals surface area contributed by atoms with Crippen molar-refractivity contribution in [2.24, 2.45) is 0 Å². The molecule has 1 aromatic carbocycles. The van der Waals surface area contributed by atoms with Gasteiger partial charge in [-0.15, -0.1) is 10.2 Å². The molecule has 6 heteroatoms. The van der Waals surface area contributed by atoms with Crippen LogP contribution in [0.15, 0.2) is 18.2 Å². The molecule has 1 heterocycles. The molecule has 2 aromatic rings. The van der Waals surface area contributed by atoms with Gasteiger partial charge in [0.1, 0.15) is 5.82 Å². The van der Waals surface area contributed by atoms with Gasteiger partial charge in [-0.3, -0.25) is 0 Å². The Morgan fingerprint density at radius 1 is 1.29 bits per heavy atom. The van der Waals surface area contributed by atoms with E-state index in [2.05, 4.69) is 26.1 Å². The molecule has 0 radical (unpaired) electrons. The van der Waals surface area contributed by atoms with Gasteiger partial charge in [-0.05, 0) is 19.1 Å². The highest BCUT2D eigenvalue weighted by molar-refractivity contribution is 9.08. The number of aromatic nitrogens is 3. The van der Waals surface area contributed by atoms with Crippen molar-refractivity contribution in [2.45, 2.75) is 18.8 Å². The lowest BCUT2D eigenvalue weighted by Gasteiger charge is -2.08. The zero-order valence-electron chi connectivity index (χ0n) is 9.12. The Labute approximate surface area is 118 Å². The molecule has 0 N–H and O–H groups in total. The molecule has 90 valence electrons. The Morgan fingerprint density at radius 2 is 2.06 bits per heavy atom. The van der Waals surface area contributed by atoms with Crippen molar-refractivity contribution >= 4 is 39.1 Å². The normalized spacial score (nSPS) is 10.8. The molecule has 0 aliphatic rings. The first-order valence-electron chi connectivity index (χ1n) is 5.11. The molecule has 17 heavy (non-hydrogen) atoms. The van der Waals surface area contributed by atoms with Crippen molar-refractivity contribution in [2.75, 3.05) is 0 Å². The first kappa shape index (κ1) is 12.9. The van der Waals surface area contributed by atoms with Crippen LogP contribution >= 0.6 is 39.1 Å². The van der Waals surface area contributed by atoms with E-state index in [0.717, 1.165) is 23.8 Å². The summed E-state index contributed by atoms with van der Waals surface area (Å²) in [7, 11) is 0. The van der Waals surface area contributed by atoms with Crippen molar-refractivity contribution < 1.29 is 0 Å². The van der Waals surface area contributed by atoms with E-state index in [9.17, 15) is 0 Å². The molecule has 0 aliphatic carbocycles. The lowest BCUT2D eigenvalue weighted by molar-refractivity contribution is 0.733. The summed E-state index contributed by atoms with van der Waals surface area (Å²) in [4.78, 5) is 0. The van der Waals surface area contributed by atoms with Gasteiger partial charge in [0.05, 0.1) is 15.4 Å². The van der Waals surface area contributed by atoms with Crippen molar-refractivity contribution in [3.63, 3.8) is 0 Å². The monoisotopic (exact) mass is 333 g/mol. The van der Waals surface area contributed by atoms with E-state index >= 15 is 0 Å². The van der Waals surface area contributed by atoms with E-state index in [-0.39, 0.29) is 0 Å². The van der Waals surface area contributed by atoms with E-state index in [1.807, 2.05) is 23.6 Å². The lowest BCUT2D eigenvalue weighted by atomic mass is 10.2. The first-order valence-corrected chi connectivity index (χ1v) is 6.99. The van der Waals surface area contributed by atoms with E-state index in [1.165, 1.54) is 0 Å². The minimum Gasteiger partial charge on any atom is -0.311 e. The molecule has 1 aromatic heterocycles. The van der Waals surface area contributed by atoms with Crippen molar-refractivity contribution in [1.82, 2.24) is 14.8 Å². The average molecular weight is 335 g/mol. The molecule has 0 aliphatic heterocycles. The smallest absolute Gasteiger partial charge is 0.165 e. The number of alkyl halides is 1. The van der Waals surface area contributed by atoms with Gasteiger partial charge < -0.3 is 4.57 Å². The van der Waals surface area contributed by atoms with Crippen LogP contribution < -0.4 is 0 Å². The Balaban J connectivity index is 2.60. The zero-order chi connectivity index (χ0) is 12.4. The van der Waals surface area contributed by atoms with Crippen LogP contribution in [0, 0.1) is 0 Å². The van der Waals surface area contributed by atoms with Gasteiger partial charge in [-0.1, -0.05) is 45.2 Å². The molecule has 0 saturated heterocycles. The van der Waals surface area contributed by atoms with Crippen LogP contribution in [0.3, 0.4) is 0 Å². The summed E-state index contributed by atoms with van der Waals surface area (Å²) in [6, 6.07) is 5.50. The van der Waals surface area contributed by atoms with Gasteiger partial charge in [0.25, 0.3) is 0 Å². The second kappa shape index (κ2) is 5.38. The summed E-state index contributed by atoms with van der Waals surface area (Å²) < 4.78 is 2.01. The third-order valence-corrected chi connectivity index (χ3v) is 3.78. The van der Waals surface area contributed by atoms with Crippen molar-refractivity contribution in [3.05, 3.63) is 34.1 Å². The van der Waals surface area contributed by atoms with Gasteiger partial charge in [0.15, 0.2) is 5.82 Å². The third-order valence-electron chi connectivity index (χ3n) is 2.46. The number of benzene rings is 1. The second-order valence-corrected chi connectivity index (χ2v) is 4.77. The summed E-state index contributed by atoms with van der Waals surface area (Å²) in [5.74, 6) is 1.62. The molecule has 0 bridgehead atoms. The maximum atomic E-state index is 6.18. The van der Waals surface area contributed by atoms with Gasteiger partial charge in [-0.2, -0.15) is 0 Å². The summed E-state index contributed by atoms with van der Waals surface area (Å²) in [6.07, 6.45) is 0. The predicted octanol–water partition coefficient (Wildman–Crippen LogP) is 4.17. The largest absolute Gasteiger partial charge is 0.311 e. The number of hydrogen-bond acceptors (Lipinski definition) is 2. The Morgan fingerprint density at radius 3 is 2.71 bits per heavy atom. The first-order chi connectivity index (χ1) is 8.19. The molecule has 0 saturated carbocycles. The van der Waals surface area contributed by atoms with Gasteiger partial charge in [-0.25, -0.2) is 0 Å². The average Bonchev–Trinajstić information content (AvgIpc) is 2.75. The molecule has 0 atom stereocenters. The van der Waals surface area contributed by atoms with Crippen LogP contribution in [0.1, 0.15) is 12.7 Å². The number of rotatable bonds is 3. The van der Waals surface area contributed by atoms with Gasteiger partial charge in [0, 0.05) is 12.1 Å². The Bertz CT molecular complexity index is 540. The molecule has 3 nitrogen and oxygen atoms in total. The molecule has 0 unspecified atom stereocenters. The van der Waals surface area contributed by atoms with Crippen LogP contribution in [-0.4, -0.2) is 14.8 Å². The summed E-state index contributed by atoms with van der Waals surface area (Å²) >= 11 is 15.6. The van der Waals surface area contributed by atoms with Gasteiger partial charge in [0.2, 0.25) is 0 Å². The highest BCUT2D eigenvalue weighted by Crippen LogP contribution is 2.32. The van der Waals surface area contributed by atoms with Crippen LogP contribution in [0.25, 0.3) is 11.4 Å². The fourth-order valence-corrected chi connectivity index (χ4v) is 2.44. The highest BCUT2D eigenvalue weighted by atomic mass is 79.9. The fraction of sp³-hybridized carbons (Fsp3) is 0.273. The van der Waals surface area contributed by atoms with Crippen LogP contribution in [0.5, 0.6) is 0 Å². The van der Waals surface area contributed by atoms with Crippen LogP contribution in [-0.2, 0) is 11.9 Å². The van der Waals surface area contributed by atoms with E-state index < -0.39 is 0 Å². The minimum atomic E-state index is 0.511. The maximum Gasteiger partial charge on any atom is 0.165 e. The van der Waals surface area contributed by atoms with E-state index in [4.69, 9.17) is 23.2 Å². The Kier molecular flexibility index (Phi) is 4.07. The summed E-state index contributed by atoms with van der Waals surface area (Å²) in [6.45, 7) is 2.82. The zero-order valence-corrected chi connectivity index (χ0v) is 12.2. The molecule has 2 rings (SSSR count). The van der Waals surface area contributed by atoms with E-state index in [0.29, 0.717) is 15.4 Å². The van der Waals surface area contributed by atoms with Crippen molar-refractivity contribution in [1.29, 1.82) is 0 Å². The predicted molar refractivity (Wildman–Crippen MR) is 73.8 cm³/mol. The molecule has 0 fully saturated rings. The Hall–Kier alpha value is -0.580. The molecule has 0 spiro atoms. The minimum absolute atomic E-state index is 0.511. The SMILES string of the molecule is CCn1c(CBr)nnc1-c1cccc(Cl)c1Cl. The second-order valence-electron chi connectivity index (χ2n) is 3.42. The number of halogens is 3. The maximum absolute atomic E-state index is 6.18. The highest BCUT2D eigenvalue weighted by Gasteiger charge is 2.15. The summed E-state index contributed by atoms with van der Waals surface area (Å²) in [5.41, 5.74) is 0.806. The quantitative estimate of drug-likeness (QED) is 0.789. The van der Waals surface area contributed by atoms with E-state index in [1.54, 1.807) is 6.07 Å². The van der Waals surface area contributed by atoms with Crippen LogP contribution in [0.4, 0.5) is 0 Å². The lowest BCUT2D eigenvalue weighted by Crippen LogP contribution is -2.02. The number of hydrogen-bond donors (Lipinski definition) is 0. The molecular formula is C11H10BrCl2N3. The fourth-order valence-electron chi connectivity index (χ4n) is 1.64. The van der Waals surface area contributed by atoms with Gasteiger partial charge >= 0.3 is 0 Å².